The number of nitrogens with zero attached hydrogens (tertiary/aromatic N) is 7. The van der Waals surface area contributed by atoms with Crippen LogP contribution < -0.4 is 0 Å². The highest BCUT2D eigenvalue weighted by Crippen LogP contribution is 2.55. The van der Waals surface area contributed by atoms with Crippen LogP contribution in [0.1, 0.15) is 13.7 Å². The molecule has 0 atom stereocenters. The van der Waals surface area contributed by atoms with Gasteiger partial charge in [0.15, 0.2) is 17.5 Å². The van der Waals surface area contributed by atoms with Crippen LogP contribution in [-0.2, 0) is 0 Å². The lowest BCUT2D eigenvalue weighted by atomic mass is 10.0. The fourth-order valence-corrected chi connectivity index (χ4v) is 20.6. The van der Waals surface area contributed by atoms with E-state index in [1.54, 1.807) is 40.1 Å². The smallest absolute Gasteiger partial charge is 0.213 e. The van der Waals surface area contributed by atoms with E-state index in [0.717, 1.165) is 170 Å². The fourth-order valence-electron chi connectivity index (χ4n) is 16.9. The first kappa shape index (κ1) is 52.9. The van der Waals surface area contributed by atoms with Gasteiger partial charge >= 0.3 is 0 Å². The van der Waals surface area contributed by atoms with E-state index in [1.165, 1.54) is 0 Å². The monoisotopic (exact) mass is 1460 g/mol. The third-order valence-corrected chi connectivity index (χ3v) is 25.3. The van der Waals surface area contributed by atoms with Crippen molar-refractivity contribution in [3.05, 3.63) is 357 Å². The van der Waals surface area contributed by atoms with Gasteiger partial charge in [0.05, 0.1) is 70.4 Å². The van der Waals surface area contributed by atoms with Crippen LogP contribution in [-0.4, -0.2) is 28.7 Å². The number of aromatic nitrogens is 6. The Morgan fingerprint density at radius 3 is 1.09 bits per heavy atom. The number of hydrogen-bond donors (Lipinski definition) is 0. The van der Waals surface area contributed by atoms with E-state index < -0.39 is 83.2 Å². The van der Waals surface area contributed by atoms with Crippen molar-refractivity contribution < 1.29 is 13.7 Å². The van der Waals surface area contributed by atoms with Crippen LogP contribution in [0, 0.1) is 6.57 Å². The third kappa shape index (κ3) is 9.49. The molecular formula is C100H57N7S3. The van der Waals surface area contributed by atoms with Gasteiger partial charge in [0.2, 0.25) is 5.69 Å². The maximum atomic E-state index is 10.2. The summed E-state index contributed by atoms with van der Waals surface area (Å²) < 4.78 is 106. The van der Waals surface area contributed by atoms with E-state index in [4.69, 9.17) is 22.5 Å². The predicted octanol–water partition coefficient (Wildman–Crippen LogP) is 28.5. The molecule has 7 nitrogen and oxygen atoms in total. The Morgan fingerprint density at radius 1 is 0.264 bits per heavy atom. The number of thiophene rings is 3. The lowest BCUT2D eigenvalue weighted by molar-refractivity contribution is 1.04. The van der Waals surface area contributed by atoms with Gasteiger partial charge < -0.3 is 13.7 Å². The minimum absolute atomic E-state index is 0.106. The Morgan fingerprint density at radius 2 is 0.618 bits per heavy atom. The second-order valence-corrected chi connectivity index (χ2v) is 30.7. The topological polar surface area (TPSA) is 57.8 Å². The summed E-state index contributed by atoms with van der Waals surface area (Å²) in [4.78, 5) is 20.5. The van der Waals surface area contributed by atoms with E-state index in [2.05, 4.69) is 238 Å². The Hall–Kier alpha value is -13.9. The van der Waals surface area contributed by atoms with Crippen LogP contribution in [0.25, 0.3) is 227 Å². The van der Waals surface area contributed by atoms with Crippen molar-refractivity contribution in [2.75, 3.05) is 0 Å². The molecule has 10 heteroatoms. The van der Waals surface area contributed by atoms with E-state index >= 15 is 0 Å². The summed E-state index contributed by atoms with van der Waals surface area (Å²) in [6, 6.07) is 92.8. The molecule has 0 N–H and O–H groups in total. The minimum atomic E-state index is -0.685. The first-order valence-electron chi connectivity index (χ1n) is 41.1. The van der Waals surface area contributed by atoms with Gasteiger partial charge in [-0.3, -0.25) is 0 Å². The molecule has 0 amide bonds. The third-order valence-electron chi connectivity index (χ3n) is 21.7. The number of benzene rings is 16. The van der Waals surface area contributed by atoms with E-state index in [9.17, 15) is 17.5 Å². The Kier molecular flexibility index (Phi) is 11.8. The molecule has 0 spiro atoms. The molecule has 7 aromatic heterocycles. The summed E-state index contributed by atoms with van der Waals surface area (Å²) in [5, 5.41) is 11.9. The van der Waals surface area contributed by atoms with E-state index in [1.807, 2.05) is 54.6 Å². The van der Waals surface area contributed by atoms with Crippen molar-refractivity contribution >= 4 is 166 Å². The van der Waals surface area contributed by atoms with Crippen molar-refractivity contribution in [1.29, 1.82) is 0 Å². The number of fused-ring (bicyclic) bond motifs is 21. The molecule has 0 bridgehead atoms. The zero-order valence-corrected chi connectivity index (χ0v) is 60.4. The minimum Gasteiger partial charge on any atom is -0.317 e. The number of hydrogen-bond acceptors (Lipinski definition) is 6. The second-order valence-electron chi connectivity index (χ2n) is 27.6. The molecule has 110 heavy (non-hydrogen) atoms. The van der Waals surface area contributed by atoms with Gasteiger partial charge in [-0.05, 0) is 129 Å². The van der Waals surface area contributed by atoms with Crippen LogP contribution in [0.15, 0.2) is 346 Å². The molecule has 23 rings (SSSR count). The molecule has 0 unspecified atom stereocenters. The zero-order chi connectivity index (χ0) is 80.9. The second kappa shape index (κ2) is 24.6. The average Bonchev–Trinajstić information content (AvgIpc) is 1.51. The van der Waals surface area contributed by atoms with Crippen LogP contribution in [0.2, 0.25) is 0 Å². The van der Waals surface area contributed by atoms with Gasteiger partial charge in [-0.1, -0.05) is 261 Å². The largest absolute Gasteiger partial charge is 0.317 e. The standard InChI is InChI=1S/C100H57N7S3/c1-101-79-58-78(100-103-98(63-32-16-6-17-33-63)102-99(104-100)64-34-18-7-19-35-64)92(105-81-47-40-65(59-24-8-2-9-25-59)56-76(81)90-84(105)50-45-71-74-54-67(61-28-12-4-13-29-61)42-52-87(74)109-96(71)90)94(107-80-38-22-20-37-73(80)89-83(107)49-44-70-69-36-21-23-39-86(69)108-95(70)89)93(79)106-82-48-41-66(60-26-10-3-11-27-60)57-77(82)91-85(106)51-46-72-75-55-68(62-30-14-5-15-31-62)43-53-88(75)110-97(72)91/h2-58H/i6D,7D,16D,17D,18D,19D,32D,33D,34D,35D. The molecular weight excluding hydrogens is 1400 g/mol. The molecule has 0 saturated heterocycles. The molecule has 510 valence electrons. The highest BCUT2D eigenvalue weighted by atomic mass is 32.1. The lowest BCUT2D eigenvalue weighted by Gasteiger charge is -2.26. The maximum absolute atomic E-state index is 10.2. The average molecular weight is 1460 g/mol. The van der Waals surface area contributed by atoms with Crippen molar-refractivity contribution in [1.82, 2.24) is 28.7 Å². The lowest BCUT2D eigenvalue weighted by Crippen LogP contribution is -2.12. The Labute approximate surface area is 656 Å². The summed E-state index contributed by atoms with van der Waals surface area (Å²) in [5.74, 6) is -1.14. The maximum Gasteiger partial charge on any atom is 0.213 e. The quantitative estimate of drug-likeness (QED) is 0.128. The summed E-state index contributed by atoms with van der Waals surface area (Å²) in [6.07, 6.45) is 0. The van der Waals surface area contributed by atoms with Gasteiger partial charge in [0.25, 0.3) is 0 Å². The normalized spacial score (nSPS) is 13.3. The first-order valence-corrected chi connectivity index (χ1v) is 38.5. The van der Waals surface area contributed by atoms with Gasteiger partial charge in [-0.2, -0.15) is 0 Å². The van der Waals surface area contributed by atoms with Crippen molar-refractivity contribution in [2.45, 2.75) is 0 Å². The molecule has 16 aromatic carbocycles. The van der Waals surface area contributed by atoms with Crippen LogP contribution in [0.5, 0.6) is 0 Å². The molecule has 0 aliphatic rings. The predicted molar refractivity (Wildman–Crippen MR) is 466 cm³/mol. The van der Waals surface area contributed by atoms with Gasteiger partial charge in [-0.25, -0.2) is 19.8 Å². The zero-order valence-electron chi connectivity index (χ0n) is 68.0. The molecule has 0 saturated carbocycles. The van der Waals surface area contributed by atoms with Crippen LogP contribution in [0.3, 0.4) is 0 Å². The molecule has 0 fully saturated rings. The van der Waals surface area contributed by atoms with Gasteiger partial charge in [0.1, 0.15) is 0 Å². The Balaban J connectivity index is 0.963. The van der Waals surface area contributed by atoms with E-state index in [0.29, 0.717) is 17.1 Å². The molecule has 23 aromatic rings. The highest BCUT2D eigenvalue weighted by molar-refractivity contribution is 7.27. The molecule has 7 heterocycles. The van der Waals surface area contributed by atoms with Crippen molar-refractivity contribution in [2.24, 2.45) is 0 Å². The Bertz CT molecular complexity index is 8350. The van der Waals surface area contributed by atoms with E-state index in [-0.39, 0.29) is 17.1 Å². The SMILES string of the molecule is [2H]c1c([2H])c([2H])c(-c2nc(-c3cc([N+]#[C-])c(-n4c5ccc(-c6ccccc6)cc5c5c6sc7ccc(-c8ccccc8)cc7c6ccc54)c(-n4c5ccccc5c5c6sc7ccccc7c6ccc54)c3-n3c4ccc(-c5ccccc5)cc4c4c5sc6ccc(-c7ccccc7)cc6c5ccc43)nc(-c3c([2H])c([2H])c([2H])c([2H])c3[2H])n2)c([2H])c1[2H]. The first-order chi connectivity index (χ1) is 58.7. The highest BCUT2D eigenvalue weighted by Gasteiger charge is 2.34. The fraction of sp³-hybridized carbons (Fsp3) is 0. The summed E-state index contributed by atoms with van der Waals surface area (Å²) in [5.41, 5.74) is 13.6. The van der Waals surface area contributed by atoms with Gasteiger partial charge in [-0.15, -0.1) is 34.0 Å². The van der Waals surface area contributed by atoms with Crippen molar-refractivity contribution in [3.63, 3.8) is 0 Å². The summed E-state index contributed by atoms with van der Waals surface area (Å²) in [7, 11) is 0. The van der Waals surface area contributed by atoms with Crippen LogP contribution in [0.4, 0.5) is 5.69 Å². The summed E-state index contributed by atoms with van der Waals surface area (Å²) >= 11 is 5.14. The van der Waals surface area contributed by atoms with Crippen molar-refractivity contribution in [3.8, 4) is 95.7 Å². The van der Waals surface area contributed by atoms with Crippen LogP contribution >= 0.6 is 34.0 Å². The number of rotatable bonds is 10. The van der Waals surface area contributed by atoms with Gasteiger partial charge in [0, 0.05) is 110 Å². The summed E-state index contributed by atoms with van der Waals surface area (Å²) in [6.45, 7) is 10.2. The molecule has 0 aliphatic carbocycles. The number of para-hydroxylation sites is 1. The molecule has 0 aliphatic heterocycles. The molecule has 0 radical (unpaired) electrons.